The van der Waals surface area contributed by atoms with E-state index in [-0.39, 0.29) is 36.8 Å². The van der Waals surface area contributed by atoms with E-state index < -0.39 is 11.2 Å². The van der Waals surface area contributed by atoms with E-state index >= 15 is 0 Å². The summed E-state index contributed by atoms with van der Waals surface area (Å²) in [5.41, 5.74) is 7.94. The number of likely N-dealkylation sites (tertiary alicyclic amines) is 1. The summed E-state index contributed by atoms with van der Waals surface area (Å²) in [5, 5.41) is 2.58. The molecule has 1 aromatic carbocycles. The molecule has 38 heavy (non-hydrogen) atoms. The molecule has 0 atom stereocenters. The molecule has 10 nitrogen and oxygen atoms in total. The van der Waals surface area contributed by atoms with Gasteiger partial charge in [0.15, 0.2) is 5.78 Å². The van der Waals surface area contributed by atoms with E-state index in [9.17, 15) is 19.2 Å². The van der Waals surface area contributed by atoms with Crippen LogP contribution in [0.15, 0.2) is 58.3 Å². The third kappa shape index (κ3) is 7.48. The zero-order valence-corrected chi connectivity index (χ0v) is 22.1. The molecular formula is C28H36N6O4. The Kier molecular flexibility index (Phi) is 10.5. The van der Waals surface area contributed by atoms with Crippen molar-refractivity contribution in [3.05, 3.63) is 91.9 Å². The molecule has 0 spiro atoms. The maximum absolute atomic E-state index is 12.9. The largest absolute Gasteiger partial charge is 0.384 e. The minimum atomic E-state index is -0.591. The summed E-state index contributed by atoms with van der Waals surface area (Å²) in [7, 11) is 0. The monoisotopic (exact) mass is 520 g/mol. The Morgan fingerprint density at radius 3 is 2.39 bits per heavy atom. The van der Waals surface area contributed by atoms with Crippen LogP contribution in [0.2, 0.25) is 0 Å². The molecular weight excluding hydrogens is 484 g/mol. The Balaban J connectivity index is 0.000000304. The topological polar surface area (TPSA) is 132 Å². The van der Waals surface area contributed by atoms with Crippen LogP contribution < -0.4 is 22.3 Å². The maximum Gasteiger partial charge on any atom is 0.332 e. The molecule has 3 aromatic rings. The number of nitrogens with one attached hydrogen (secondary N) is 1. The number of aryl methyl sites for hydroxylation is 1. The molecule has 1 aliphatic heterocycles. The van der Waals surface area contributed by atoms with E-state index in [4.69, 9.17) is 5.73 Å². The number of carbonyl (C=O) groups is 2. The van der Waals surface area contributed by atoms with Gasteiger partial charge in [0.2, 0.25) is 6.41 Å². The van der Waals surface area contributed by atoms with Crippen molar-refractivity contribution >= 4 is 18.0 Å². The van der Waals surface area contributed by atoms with Gasteiger partial charge in [-0.15, -0.1) is 0 Å². The summed E-state index contributed by atoms with van der Waals surface area (Å²) >= 11 is 0. The van der Waals surface area contributed by atoms with Crippen LogP contribution in [0.4, 0.5) is 5.82 Å². The van der Waals surface area contributed by atoms with Crippen molar-refractivity contribution in [3.63, 3.8) is 0 Å². The van der Waals surface area contributed by atoms with Crippen molar-refractivity contribution in [1.29, 1.82) is 0 Å². The van der Waals surface area contributed by atoms with Gasteiger partial charge in [0.1, 0.15) is 11.4 Å². The van der Waals surface area contributed by atoms with Crippen molar-refractivity contribution in [2.24, 2.45) is 0 Å². The normalized spacial score (nSPS) is 13.3. The molecule has 3 N–H and O–H groups in total. The predicted molar refractivity (Wildman–Crippen MR) is 147 cm³/mol. The van der Waals surface area contributed by atoms with Crippen LogP contribution in [0.25, 0.3) is 0 Å². The van der Waals surface area contributed by atoms with Gasteiger partial charge in [0.05, 0.1) is 13.1 Å². The lowest BCUT2D eigenvalue weighted by atomic mass is 10.1. The number of anilines is 1. The second-order valence-electron chi connectivity index (χ2n) is 9.23. The first kappa shape index (κ1) is 28.5. The standard InChI is InChI=1S/C20H26N4O3.C8H10N2O/c1-2-23-19(26)17(16(25)14-22-11-7-4-8-12-22)18(21)24(20(23)27)13-15-9-5-3-6-10-15;1-7-4-8(2-3-10-7)5-9-6-11/h3,5-6,9-10H,2,4,7-8,11-14,21H2,1H3;2-4,6H,5H2,1H3,(H,9,11). The van der Waals surface area contributed by atoms with Crippen LogP contribution in [0.1, 0.15) is 53.4 Å². The highest BCUT2D eigenvalue weighted by atomic mass is 16.2. The Hall–Kier alpha value is -4.05. The molecule has 1 saturated heterocycles. The Morgan fingerprint density at radius 2 is 1.76 bits per heavy atom. The Bertz CT molecular complexity index is 1340. The molecule has 0 aliphatic carbocycles. The van der Waals surface area contributed by atoms with Crippen LogP contribution in [-0.2, 0) is 24.4 Å². The second-order valence-corrected chi connectivity index (χ2v) is 9.23. The fourth-order valence-corrected chi connectivity index (χ4v) is 4.45. The zero-order valence-electron chi connectivity index (χ0n) is 22.1. The summed E-state index contributed by atoms with van der Waals surface area (Å²) < 4.78 is 2.41. The van der Waals surface area contributed by atoms with Crippen LogP contribution >= 0.6 is 0 Å². The van der Waals surface area contributed by atoms with Gasteiger partial charge in [-0.3, -0.25) is 33.4 Å². The molecule has 1 fully saturated rings. The molecule has 1 amide bonds. The van der Waals surface area contributed by atoms with Crippen LogP contribution in [-0.4, -0.2) is 50.8 Å². The fraction of sp³-hybridized carbons (Fsp3) is 0.393. The summed E-state index contributed by atoms with van der Waals surface area (Å²) in [6, 6.07) is 13.2. The zero-order chi connectivity index (χ0) is 27.5. The number of amides is 1. The van der Waals surface area contributed by atoms with E-state index in [2.05, 4.69) is 10.3 Å². The van der Waals surface area contributed by atoms with E-state index in [1.807, 2.05) is 54.3 Å². The van der Waals surface area contributed by atoms with Gasteiger partial charge in [-0.2, -0.15) is 0 Å². The Morgan fingerprint density at radius 1 is 1.05 bits per heavy atom. The van der Waals surface area contributed by atoms with E-state index in [1.54, 1.807) is 13.1 Å². The summed E-state index contributed by atoms with van der Waals surface area (Å²) in [6.07, 6.45) is 5.69. The fourth-order valence-electron chi connectivity index (χ4n) is 4.45. The first-order valence-corrected chi connectivity index (χ1v) is 12.9. The van der Waals surface area contributed by atoms with Crippen LogP contribution in [0.3, 0.4) is 0 Å². The number of aromatic nitrogens is 3. The highest BCUT2D eigenvalue weighted by Gasteiger charge is 2.24. The predicted octanol–water partition coefficient (Wildman–Crippen LogP) is 1.97. The number of pyridine rings is 1. The summed E-state index contributed by atoms with van der Waals surface area (Å²) in [4.78, 5) is 54.4. The minimum Gasteiger partial charge on any atom is -0.384 e. The van der Waals surface area contributed by atoms with Gasteiger partial charge in [-0.25, -0.2) is 4.79 Å². The molecule has 1 aliphatic rings. The van der Waals surface area contributed by atoms with Crippen molar-refractivity contribution in [2.75, 3.05) is 25.4 Å². The second kappa shape index (κ2) is 14.0. The summed E-state index contributed by atoms with van der Waals surface area (Å²) in [5.74, 6) is -0.357. The lowest BCUT2D eigenvalue weighted by Gasteiger charge is -2.26. The molecule has 0 radical (unpaired) electrons. The van der Waals surface area contributed by atoms with Gasteiger partial charge >= 0.3 is 5.69 Å². The number of benzene rings is 1. The number of hydrogen-bond donors (Lipinski definition) is 2. The number of nitrogen functional groups attached to an aromatic ring is 1. The molecule has 3 heterocycles. The van der Waals surface area contributed by atoms with Crippen molar-refractivity contribution in [3.8, 4) is 0 Å². The van der Waals surface area contributed by atoms with Gasteiger partial charge in [-0.05, 0) is 63.0 Å². The van der Waals surface area contributed by atoms with Crippen LogP contribution in [0.5, 0.6) is 0 Å². The molecule has 2 aromatic heterocycles. The van der Waals surface area contributed by atoms with Crippen molar-refractivity contribution in [1.82, 2.24) is 24.3 Å². The number of carbonyl (C=O) groups excluding carboxylic acids is 2. The van der Waals surface area contributed by atoms with Crippen LogP contribution in [0, 0.1) is 6.92 Å². The molecule has 10 heteroatoms. The molecule has 0 bridgehead atoms. The smallest absolute Gasteiger partial charge is 0.332 e. The van der Waals surface area contributed by atoms with Gasteiger partial charge < -0.3 is 11.1 Å². The third-order valence-corrected chi connectivity index (χ3v) is 6.41. The average Bonchev–Trinajstić information content (AvgIpc) is 2.92. The number of nitrogens with two attached hydrogens (primary N) is 1. The molecule has 202 valence electrons. The number of ketones is 1. The van der Waals surface area contributed by atoms with E-state index in [1.165, 1.54) is 4.57 Å². The number of Topliss-reactive ketones (excluding diaryl/α,β-unsaturated/α-hetero) is 1. The molecule has 0 unspecified atom stereocenters. The SMILES string of the molecule is CCn1c(=O)c(C(=O)CN2CCCCC2)c(N)n(Cc2ccccc2)c1=O.Cc1cc(CNC=O)ccn1. The van der Waals surface area contributed by atoms with Gasteiger partial charge in [-0.1, -0.05) is 36.8 Å². The first-order chi connectivity index (χ1) is 18.3. The highest BCUT2D eigenvalue weighted by molar-refractivity contribution is 6.01. The number of nitrogens with zero attached hydrogens (tertiary/aromatic N) is 4. The highest BCUT2D eigenvalue weighted by Crippen LogP contribution is 2.13. The maximum atomic E-state index is 12.9. The first-order valence-electron chi connectivity index (χ1n) is 12.9. The van der Waals surface area contributed by atoms with Crippen molar-refractivity contribution in [2.45, 2.75) is 52.7 Å². The van der Waals surface area contributed by atoms with Crippen molar-refractivity contribution < 1.29 is 9.59 Å². The third-order valence-electron chi connectivity index (χ3n) is 6.41. The van der Waals surface area contributed by atoms with E-state index in [0.717, 1.165) is 53.7 Å². The Labute approximate surface area is 222 Å². The van der Waals surface area contributed by atoms with Gasteiger partial charge in [0.25, 0.3) is 5.56 Å². The lowest BCUT2D eigenvalue weighted by molar-refractivity contribution is -0.109. The number of hydrogen-bond acceptors (Lipinski definition) is 7. The van der Waals surface area contributed by atoms with Gasteiger partial charge in [0, 0.05) is 25.0 Å². The lowest BCUT2D eigenvalue weighted by Crippen LogP contribution is -2.45. The number of rotatable bonds is 9. The minimum absolute atomic E-state index is 0.0411. The number of piperidine rings is 1. The quantitative estimate of drug-likeness (QED) is 0.326. The average molecular weight is 521 g/mol. The molecule has 4 rings (SSSR count). The van der Waals surface area contributed by atoms with E-state index in [0.29, 0.717) is 13.0 Å². The molecule has 0 saturated carbocycles. The summed E-state index contributed by atoms with van der Waals surface area (Å²) in [6.45, 7) is 6.47.